The van der Waals surface area contributed by atoms with Gasteiger partial charge in [-0.3, -0.25) is 4.79 Å². The van der Waals surface area contributed by atoms with E-state index in [9.17, 15) is 13.2 Å². The number of aromatic nitrogens is 6. The Morgan fingerprint density at radius 2 is 1.79 bits per heavy atom. The molecule has 4 aromatic rings. The lowest BCUT2D eigenvalue weighted by Gasteiger charge is -2.18. The summed E-state index contributed by atoms with van der Waals surface area (Å²) in [6, 6.07) is 13.4. The molecule has 0 unspecified atom stereocenters. The summed E-state index contributed by atoms with van der Waals surface area (Å²) in [6.07, 6.45) is 0. The van der Waals surface area contributed by atoms with E-state index in [1.54, 1.807) is 50.2 Å². The van der Waals surface area contributed by atoms with Crippen molar-refractivity contribution in [3.8, 4) is 11.4 Å². The third-order valence-electron chi connectivity index (χ3n) is 5.05. The van der Waals surface area contributed by atoms with Crippen LogP contribution in [-0.2, 0) is 15.9 Å². The number of hydrogen-bond acceptors (Lipinski definition) is 9. The lowest BCUT2D eigenvalue weighted by Crippen LogP contribution is -2.30. The monoisotopic (exact) mass is 486 g/mol. The van der Waals surface area contributed by atoms with E-state index in [0.717, 1.165) is 11.8 Å². The summed E-state index contributed by atoms with van der Waals surface area (Å²) in [5, 5.41) is 17.0. The predicted molar refractivity (Wildman–Crippen MR) is 125 cm³/mol. The van der Waals surface area contributed by atoms with E-state index < -0.39 is 10.0 Å². The van der Waals surface area contributed by atoms with E-state index in [0.29, 0.717) is 40.5 Å². The van der Waals surface area contributed by atoms with Gasteiger partial charge in [0.15, 0.2) is 5.82 Å². The Balaban J connectivity index is 1.59. The molecule has 0 spiro atoms. The molecule has 11 nitrogen and oxygen atoms in total. The molecule has 0 bridgehead atoms. The van der Waals surface area contributed by atoms with Crippen molar-refractivity contribution in [1.29, 1.82) is 0 Å². The second-order valence-corrected chi connectivity index (χ2v) is 9.83. The fraction of sp³-hybridized carbons (Fsp3) is 0.250. The second-order valence-electron chi connectivity index (χ2n) is 6.98. The van der Waals surface area contributed by atoms with Crippen molar-refractivity contribution in [3.63, 3.8) is 0 Å². The maximum absolute atomic E-state index is 12.9. The molecule has 2 N–H and O–H groups in total. The van der Waals surface area contributed by atoms with Gasteiger partial charge in [0.2, 0.25) is 15.2 Å². The van der Waals surface area contributed by atoms with Gasteiger partial charge in [0.05, 0.1) is 16.2 Å². The van der Waals surface area contributed by atoms with Crippen molar-refractivity contribution < 1.29 is 8.42 Å². The number of thioether (sulfide) groups is 1. The van der Waals surface area contributed by atoms with Gasteiger partial charge in [0, 0.05) is 18.7 Å². The molecule has 33 heavy (non-hydrogen) atoms. The summed E-state index contributed by atoms with van der Waals surface area (Å²) in [4.78, 5) is 12.8. The molecule has 2 heterocycles. The minimum absolute atomic E-state index is 0.127. The number of fused-ring (bicyclic) bond motifs is 1. The molecule has 0 atom stereocenters. The first kappa shape index (κ1) is 22.9. The molecular formula is C20H22N8O3S2. The van der Waals surface area contributed by atoms with Crippen LogP contribution in [0.2, 0.25) is 0 Å². The van der Waals surface area contributed by atoms with Gasteiger partial charge >= 0.3 is 0 Å². The van der Waals surface area contributed by atoms with E-state index in [1.165, 1.54) is 25.8 Å². The van der Waals surface area contributed by atoms with Crippen LogP contribution < -0.4 is 11.4 Å². The Morgan fingerprint density at radius 1 is 1.03 bits per heavy atom. The van der Waals surface area contributed by atoms with Crippen molar-refractivity contribution in [2.45, 2.75) is 29.8 Å². The molecule has 0 amide bonds. The molecule has 0 saturated carbocycles. The Bertz CT molecular complexity index is 1460. The zero-order valence-corrected chi connectivity index (χ0v) is 19.6. The van der Waals surface area contributed by atoms with Gasteiger partial charge in [-0.2, -0.15) is 8.99 Å². The van der Waals surface area contributed by atoms with Crippen molar-refractivity contribution in [2.75, 3.05) is 18.9 Å². The second kappa shape index (κ2) is 9.29. The zero-order valence-electron chi connectivity index (χ0n) is 18.0. The number of benzene rings is 2. The lowest BCUT2D eigenvalue weighted by molar-refractivity contribution is 0.445. The summed E-state index contributed by atoms with van der Waals surface area (Å²) in [5.74, 6) is 6.61. The standard InChI is InChI=1S/C20H22N8O3S2/c1-3-26(4-2)33(30,31)15-9-7-8-14(12-15)18-23-24-20(28(18)21)32-13-27-19(29)16-10-5-6-11-17(16)22-25-27/h5-12H,3-4,13,21H2,1-2H3. The largest absolute Gasteiger partial charge is 0.335 e. The highest BCUT2D eigenvalue weighted by molar-refractivity contribution is 7.98. The Hall–Kier alpha value is -3.29. The van der Waals surface area contributed by atoms with E-state index in [1.807, 2.05) is 0 Å². The first-order valence-corrected chi connectivity index (χ1v) is 12.6. The smallest absolute Gasteiger partial charge is 0.278 e. The van der Waals surface area contributed by atoms with Gasteiger partial charge < -0.3 is 5.84 Å². The summed E-state index contributed by atoms with van der Waals surface area (Å²) in [5.41, 5.74) is 0.756. The fourth-order valence-electron chi connectivity index (χ4n) is 3.31. The van der Waals surface area contributed by atoms with Crippen molar-refractivity contribution in [2.24, 2.45) is 0 Å². The number of nitrogen functional groups attached to an aromatic ring is 1. The highest BCUT2D eigenvalue weighted by Gasteiger charge is 2.23. The van der Waals surface area contributed by atoms with E-state index >= 15 is 0 Å². The van der Waals surface area contributed by atoms with Crippen LogP contribution in [0.15, 0.2) is 63.4 Å². The third kappa shape index (κ3) is 4.34. The maximum Gasteiger partial charge on any atom is 0.278 e. The molecule has 13 heteroatoms. The van der Waals surface area contributed by atoms with Crippen molar-refractivity contribution in [3.05, 3.63) is 58.9 Å². The predicted octanol–water partition coefficient (Wildman–Crippen LogP) is 1.54. The van der Waals surface area contributed by atoms with Gasteiger partial charge in [0.25, 0.3) is 5.56 Å². The quantitative estimate of drug-likeness (QED) is 0.290. The normalized spacial score (nSPS) is 12.0. The number of nitrogens with zero attached hydrogens (tertiary/aromatic N) is 7. The van der Waals surface area contributed by atoms with E-state index in [2.05, 4.69) is 20.5 Å². The molecule has 0 radical (unpaired) electrons. The lowest BCUT2D eigenvalue weighted by atomic mass is 10.2. The van der Waals surface area contributed by atoms with Crippen LogP contribution >= 0.6 is 11.8 Å². The maximum atomic E-state index is 12.9. The number of rotatable bonds is 8. The minimum atomic E-state index is -3.63. The van der Waals surface area contributed by atoms with Gasteiger partial charge in [-0.05, 0) is 24.3 Å². The van der Waals surface area contributed by atoms with Crippen molar-refractivity contribution >= 4 is 32.7 Å². The number of nitrogens with two attached hydrogens (primary N) is 1. The van der Waals surface area contributed by atoms with Crippen LogP contribution in [0, 0.1) is 0 Å². The van der Waals surface area contributed by atoms with E-state index in [-0.39, 0.29) is 16.3 Å². The molecule has 0 fully saturated rings. The van der Waals surface area contributed by atoms with Gasteiger partial charge in [-0.15, -0.1) is 15.3 Å². The highest BCUT2D eigenvalue weighted by atomic mass is 32.2. The first-order chi connectivity index (χ1) is 15.9. The van der Waals surface area contributed by atoms with Crippen LogP contribution in [0.3, 0.4) is 0 Å². The topological polar surface area (TPSA) is 142 Å². The molecule has 4 rings (SSSR count). The van der Waals surface area contributed by atoms with Crippen LogP contribution in [0.4, 0.5) is 0 Å². The Morgan fingerprint density at radius 3 is 2.55 bits per heavy atom. The Kier molecular flexibility index (Phi) is 6.44. The SMILES string of the molecule is CCN(CC)S(=O)(=O)c1cccc(-c2nnc(SCn3nnc4ccccc4c3=O)n2N)c1. The minimum Gasteiger partial charge on any atom is -0.335 e. The van der Waals surface area contributed by atoms with E-state index in [4.69, 9.17) is 5.84 Å². The summed E-state index contributed by atoms with van der Waals surface area (Å²) >= 11 is 1.16. The van der Waals surface area contributed by atoms with Gasteiger partial charge in [-0.1, -0.05) is 55.1 Å². The van der Waals surface area contributed by atoms with Crippen LogP contribution in [0.25, 0.3) is 22.3 Å². The van der Waals surface area contributed by atoms with Crippen molar-refractivity contribution in [1.82, 2.24) is 34.2 Å². The first-order valence-electron chi connectivity index (χ1n) is 10.1. The summed E-state index contributed by atoms with van der Waals surface area (Å²) in [6.45, 7) is 4.31. The molecule has 0 aliphatic carbocycles. The van der Waals surface area contributed by atoms with Crippen LogP contribution in [0.5, 0.6) is 0 Å². The van der Waals surface area contributed by atoms with Crippen LogP contribution in [0.1, 0.15) is 13.8 Å². The summed E-state index contributed by atoms with van der Waals surface area (Å²) in [7, 11) is -3.63. The fourth-order valence-corrected chi connectivity index (χ4v) is 5.54. The molecule has 2 aromatic heterocycles. The van der Waals surface area contributed by atoms with Crippen LogP contribution in [-0.4, -0.2) is 55.7 Å². The average Bonchev–Trinajstić information content (AvgIpc) is 3.19. The molecule has 172 valence electrons. The molecule has 0 saturated heterocycles. The van der Waals surface area contributed by atoms with Gasteiger partial charge in [-0.25, -0.2) is 13.1 Å². The molecular weight excluding hydrogens is 464 g/mol. The number of hydrogen-bond donors (Lipinski definition) is 1. The Labute approximate surface area is 194 Å². The highest BCUT2D eigenvalue weighted by Crippen LogP contribution is 2.25. The molecule has 0 aliphatic heterocycles. The molecule has 0 aliphatic rings. The summed E-state index contributed by atoms with van der Waals surface area (Å²) < 4.78 is 29.6. The zero-order chi connectivity index (χ0) is 23.6. The third-order valence-corrected chi connectivity index (χ3v) is 8.00. The number of sulfonamides is 1. The molecule has 2 aromatic carbocycles. The van der Waals surface area contributed by atoms with Gasteiger partial charge in [0.1, 0.15) is 5.52 Å². The average molecular weight is 487 g/mol.